The summed E-state index contributed by atoms with van der Waals surface area (Å²) >= 11 is 0. The van der Waals surface area contributed by atoms with Gasteiger partial charge in [-0.1, -0.05) is 24.3 Å². The molecule has 0 unspecified atom stereocenters. The number of benzene rings is 2. The average molecular weight is 503 g/mol. The predicted molar refractivity (Wildman–Crippen MR) is 120 cm³/mol. The minimum atomic E-state index is -4.30. The molecule has 4 rings (SSSR count). The van der Waals surface area contributed by atoms with Crippen molar-refractivity contribution < 1.29 is 48.3 Å². The first-order chi connectivity index (χ1) is 14.8. The summed E-state index contributed by atoms with van der Waals surface area (Å²) < 4.78 is 15.7. The summed E-state index contributed by atoms with van der Waals surface area (Å²) in [7, 11) is -4.30. The van der Waals surface area contributed by atoms with E-state index in [1.807, 2.05) is 29.1 Å². The second kappa shape index (κ2) is 11.1. The van der Waals surface area contributed by atoms with Crippen molar-refractivity contribution in [3.8, 4) is 16.8 Å². The molecule has 0 saturated carbocycles. The van der Waals surface area contributed by atoms with Gasteiger partial charge in [0.25, 0.3) is 0 Å². The van der Waals surface area contributed by atoms with Crippen molar-refractivity contribution in [2.24, 2.45) is 0 Å². The molecular formula is C25H25Cl2N2O3P. The lowest BCUT2D eigenvalue weighted by atomic mass is 10.1. The van der Waals surface area contributed by atoms with Crippen molar-refractivity contribution in [2.75, 3.05) is 0 Å². The molecule has 2 aromatic heterocycles. The summed E-state index contributed by atoms with van der Waals surface area (Å²) in [5.41, 5.74) is 6.40. The zero-order valence-corrected chi connectivity index (χ0v) is 20.7. The van der Waals surface area contributed by atoms with Gasteiger partial charge in [-0.25, -0.2) is 4.57 Å². The van der Waals surface area contributed by atoms with E-state index >= 15 is 0 Å². The molecule has 0 atom stereocenters. The Hall–Kier alpha value is -2.53. The lowest BCUT2D eigenvalue weighted by molar-refractivity contribution is -0.688. The summed E-state index contributed by atoms with van der Waals surface area (Å²) in [5.74, 6) is 0. The van der Waals surface area contributed by atoms with Crippen molar-refractivity contribution >= 4 is 12.9 Å². The van der Waals surface area contributed by atoms with Crippen LogP contribution in [-0.2, 0) is 11.1 Å². The molecule has 0 saturated heterocycles. The minimum Gasteiger partial charge on any atom is -1.00 e. The van der Waals surface area contributed by atoms with Crippen LogP contribution in [0.3, 0.4) is 0 Å². The van der Waals surface area contributed by atoms with Gasteiger partial charge >= 0.3 is 7.60 Å². The minimum absolute atomic E-state index is 0. The van der Waals surface area contributed by atoms with E-state index in [-0.39, 0.29) is 30.1 Å². The molecule has 5 nitrogen and oxygen atoms in total. The van der Waals surface area contributed by atoms with E-state index < -0.39 is 7.60 Å². The molecule has 0 radical (unpaired) electrons. The first-order valence-corrected chi connectivity index (χ1v) is 11.6. The summed E-state index contributed by atoms with van der Waals surface area (Å²) in [6.07, 6.45) is 7.97. The topological polar surface area (TPSA) is 65.3 Å². The van der Waals surface area contributed by atoms with Gasteiger partial charge in [-0.3, -0.25) is 4.57 Å². The Bertz CT molecular complexity index is 1250. The van der Waals surface area contributed by atoms with Crippen LogP contribution >= 0.6 is 7.60 Å². The second-order valence-corrected chi connectivity index (χ2v) is 9.34. The monoisotopic (exact) mass is 502 g/mol. The Morgan fingerprint density at radius 1 is 0.758 bits per heavy atom. The molecule has 0 bridgehead atoms. The van der Waals surface area contributed by atoms with E-state index in [0.717, 1.165) is 16.8 Å². The van der Waals surface area contributed by atoms with Crippen LogP contribution in [0.25, 0.3) is 16.8 Å². The van der Waals surface area contributed by atoms with E-state index in [9.17, 15) is 14.4 Å². The molecule has 2 N–H and O–H groups in total. The lowest BCUT2D eigenvalue weighted by Crippen LogP contribution is -3.00. The molecule has 0 spiro atoms. The third-order valence-corrected chi connectivity index (χ3v) is 6.28. The molecule has 33 heavy (non-hydrogen) atoms. The Kier molecular flexibility index (Phi) is 8.96. The van der Waals surface area contributed by atoms with Gasteiger partial charge < -0.3 is 34.6 Å². The number of aryl methyl sites for hydroxylation is 2. The molecule has 2 aromatic carbocycles. The number of hydrogen-bond acceptors (Lipinski definition) is 1. The van der Waals surface area contributed by atoms with Crippen molar-refractivity contribution in [2.45, 2.75) is 20.4 Å². The van der Waals surface area contributed by atoms with Gasteiger partial charge in [-0.15, -0.1) is 0 Å². The van der Waals surface area contributed by atoms with Gasteiger partial charge in [0.05, 0.1) is 5.30 Å². The lowest BCUT2D eigenvalue weighted by Gasteiger charge is -2.08. The van der Waals surface area contributed by atoms with Crippen molar-refractivity contribution in [3.63, 3.8) is 0 Å². The summed E-state index contributed by atoms with van der Waals surface area (Å²) in [4.78, 5) is 19.2. The van der Waals surface area contributed by atoms with Crippen molar-refractivity contribution in [3.05, 3.63) is 108 Å². The number of pyridine rings is 2. The van der Waals surface area contributed by atoms with E-state index in [1.165, 1.54) is 17.2 Å². The van der Waals surface area contributed by atoms with Gasteiger partial charge in [-0.05, 0) is 42.2 Å². The quantitative estimate of drug-likeness (QED) is 0.232. The van der Waals surface area contributed by atoms with E-state index in [2.05, 4.69) is 61.1 Å². The molecular weight excluding hydrogens is 478 g/mol. The number of rotatable bonds is 5. The number of hydrogen-bond donors (Lipinski definition) is 2. The van der Waals surface area contributed by atoms with Gasteiger partial charge in [-0.2, -0.15) is 4.57 Å². The normalized spacial score (nSPS) is 10.8. The van der Waals surface area contributed by atoms with Crippen LogP contribution in [0.5, 0.6) is 0 Å². The molecule has 0 aliphatic heterocycles. The Morgan fingerprint density at radius 2 is 1.27 bits per heavy atom. The van der Waals surface area contributed by atoms with Crippen LogP contribution in [0.4, 0.5) is 0 Å². The third-order valence-electron chi connectivity index (χ3n) is 5.22. The van der Waals surface area contributed by atoms with Crippen molar-refractivity contribution in [1.29, 1.82) is 0 Å². The van der Waals surface area contributed by atoms with Gasteiger partial charge in [0.15, 0.2) is 31.3 Å². The SMILES string of the molecule is Cc1cc(C)cc(-[n+]2ccc(-c3cc[n+](Cc4ccccc4P(=O)(O)O)cc3)cc2)c1.[Cl-].[Cl-]. The highest BCUT2D eigenvalue weighted by Crippen LogP contribution is 2.34. The molecule has 0 fully saturated rings. The van der Waals surface area contributed by atoms with Crippen LogP contribution in [0.15, 0.2) is 91.5 Å². The van der Waals surface area contributed by atoms with Crippen LogP contribution in [0, 0.1) is 13.8 Å². The van der Waals surface area contributed by atoms with Gasteiger partial charge in [0.2, 0.25) is 5.69 Å². The maximum absolute atomic E-state index is 11.7. The van der Waals surface area contributed by atoms with E-state index in [0.29, 0.717) is 12.1 Å². The zero-order valence-electron chi connectivity index (χ0n) is 18.3. The maximum atomic E-state index is 11.7. The van der Waals surface area contributed by atoms with Crippen molar-refractivity contribution in [1.82, 2.24) is 0 Å². The first-order valence-electron chi connectivity index (χ1n) is 10.0. The third kappa shape index (κ3) is 6.50. The fraction of sp³-hybridized carbons (Fsp3) is 0.120. The van der Waals surface area contributed by atoms with Crippen LogP contribution in [-0.4, -0.2) is 9.79 Å². The van der Waals surface area contributed by atoms with Gasteiger partial charge in [0, 0.05) is 42.0 Å². The molecule has 4 aromatic rings. The van der Waals surface area contributed by atoms with Crippen LogP contribution in [0.1, 0.15) is 16.7 Å². The molecule has 172 valence electrons. The smallest absolute Gasteiger partial charge is 0.356 e. The number of halogens is 2. The molecule has 8 heteroatoms. The van der Waals surface area contributed by atoms with E-state index in [4.69, 9.17) is 0 Å². The maximum Gasteiger partial charge on any atom is 0.356 e. The molecule has 0 aliphatic carbocycles. The standard InChI is InChI=1S/C25H23N2O3P.2ClH/c1-19-15-20(2)17-24(16-19)27-13-9-22(10-14-27)21-7-11-26(12-8-21)18-23-5-3-4-6-25(23)31(28,29)30;;/h3-17H,18H2,1-2H3;2*1H. The summed E-state index contributed by atoms with van der Waals surface area (Å²) in [6, 6.07) is 21.3. The largest absolute Gasteiger partial charge is 1.00 e. The number of nitrogens with zero attached hydrogens (tertiary/aromatic N) is 2. The summed E-state index contributed by atoms with van der Waals surface area (Å²) in [6.45, 7) is 4.59. The highest BCUT2D eigenvalue weighted by atomic mass is 35.5. The Labute approximate surface area is 206 Å². The molecule has 2 heterocycles. The van der Waals surface area contributed by atoms with Gasteiger partial charge in [0.1, 0.15) is 0 Å². The Balaban J connectivity index is 0.00000193. The average Bonchev–Trinajstić information content (AvgIpc) is 2.73. The van der Waals surface area contributed by atoms with E-state index in [1.54, 1.807) is 18.2 Å². The highest BCUT2D eigenvalue weighted by Gasteiger charge is 2.22. The fourth-order valence-electron chi connectivity index (χ4n) is 3.77. The zero-order chi connectivity index (χ0) is 22.0. The Morgan fingerprint density at radius 3 is 1.82 bits per heavy atom. The predicted octanol–water partition coefficient (Wildman–Crippen LogP) is -2.61. The van der Waals surface area contributed by atoms with Crippen LogP contribution < -0.4 is 39.3 Å². The highest BCUT2D eigenvalue weighted by molar-refractivity contribution is 7.60. The number of aromatic nitrogens is 2. The molecule has 0 aliphatic rings. The first kappa shape index (κ1) is 26.7. The summed E-state index contributed by atoms with van der Waals surface area (Å²) in [5, 5.41) is 0.0746. The fourth-order valence-corrected chi connectivity index (χ4v) is 4.57. The second-order valence-electron chi connectivity index (χ2n) is 7.77. The molecule has 0 amide bonds. The van der Waals surface area contributed by atoms with Crippen LogP contribution in [0.2, 0.25) is 0 Å².